The van der Waals surface area contributed by atoms with Crippen molar-refractivity contribution in [2.24, 2.45) is 0 Å². The van der Waals surface area contributed by atoms with Crippen molar-refractivity contribution < 1.29 is 21.6 Å². The van der Waals surface area contributed by atoms with Crippen LogP contribution >= 0.6 is 0 Å². The third-order valence-corrected chi connectivity index (χ3v) is 3.00. The van der Waals surface area contributed by atoms with Gasteiger partial charge in [0, 0.05) is 6.42 Å². The van der Waals surface area contributed by atoms with Crippen molar-refractivity contribution in [1.29, 1.82) is 0 Å². The van der Waals surface area contributed by atoms with Gasteiger partial charge < -0.3 is 5.32 Å². The minimum atomic E-state index is -2.95. The molecular weight excluding hydrogens is 218 g/mol. The van der Waals surface area contributed by atoms with Crippen LogP contribution in [0.5, 0.6) is 0 Å². The largest absolute Gasteiger partial charge is 0.339 e. The second kappa shape index (κ2) is 5.92. The minimum Gasteiger partial charge on any atom is -0.339 e. The van der Waals surface area contributed by atoms with Crippen molar-refractivity contribution >= 4 is 27.3 Å². The van der Waals surface area contributed by atoms with Crippen LogP contribution in [0.25, 0.3) is 0 Å². The predicted octanol–water partition coefficient (Wildman–Crippen LogP) is -1.94. The monoisotopic (exact) mass is 229 g/mol. The summed E-state index contributed by atoms with van der Waals surface area (Å²) in [7, 11) is -5.76. The van der Waals surface area contributed by atoms with E-state index >= 15 is 0 Å². The van der Waals surface area contributed by atoms with Gasteiger partial charge in [-0.1, -0.05) is 6.92 Å². The highest BCUT2D eigenvalue weighted by Gasteiger charge is 2.14. The lowest BCUT2D eigenvalue weighted by Gasteiger charge is -2.07. The molecule has 6 nitrogen and oxygen atoms in total. The fourth-order valence-electron chi connectivity index (χ4n) is 0.594. The number of carbonyl (C=O) groups is 1. The second-order valence-corrected chi connectivity index (χ2v) is 4.46. The fraction of sp³-hybridized carbons (Fsp3) is 0.800. The van der Waals surface area contributed by atoms with E-state index in [0.29, 0.717) is 0 Å². The molecule has 0 aliphatic rings. The molecule has 1 unspecified atom stereocenters. The number of rotatable bonds is 5. The highest BCUT2D eigenvalue weighted by Crippen LogP contribution is 1.87. The van der Waals surface area contributed by atoms with E-state index in [1.54, 1.807) is 6.92 Å². The first-order valence-electron chi connectivity index (χ1n) is 3.52. The van der Waals surface area contributed by atoms with Gasteiger partial charge in [-0.05, 0) is 0 Å². The summed E-state index contributed by atoms with van der Waals surface area (Å²) in [6.45, 7) is 1.54. The lowest BCUT2D eigenvalue weighted by molar-refractivity contribution is -0.120. The van der Waals surface area contributed by atoms with Gasteiger partial charge in [0.25, 0.3) is 0 Å². The molecule has 0 aliphatic heterocycles. The molecule has 8 heteroatoms. The number of carbonyl (C=O) groups excluding carboxylic acids is 1. The van der Waals surface area contributed by atoms with Crippen molar-refractivity contribution in [1.82, 2.24) is 5.32 Å². The highest BCUT2D eigenvalue weighted by atomic mass is 32.2. The Balaban J connectivity index is 4.35. The molecule has 1 atom stereocenters. The maximum atomic E-state index is 10.7. The summed E-state index contributed by atoms with van der Waals surface area (Å²) in [6, 6.07) is 0. The average Bonchev–Trinajstić information content (AvgIpc) is 2.02. The van der Waals surface area contributed by atoms with Gasteiger partial charge in [-0.3, -0.25) is 4.79 Å². The number of nitrogens with one attached hydrogen (secondary N) is 1. The molecular formula is C5H11NO5S2. The Labute approximate surface area is 79.2 Å². The molecule has 0 heterocycles. The molecule has 13 heavy (non-hydrogen) atoms. The third kappa shape index (κ3) is 5.58. The SMILES string of the molecule is CCC(=O)NC(C[SH](=O)=O)[SH](=O)=O. The first-order valence-corrected chi connectivity index (χ1v) is 6.13. The Bertz CT molecular complexity index is 303. The molecule has 0 radical (unpaired) electrons. The van der Waals surface area contributed by atoms with Crippen LogP contribution < -0.4 is 5.32 Å². The van der Waals surface area contributed by atoms with Crippen LogP contribution in [0, 0.1) is 0 Å². The Kier molecular flexibility index (Phi) is 5.63. The summed E-state index contributed by atoms with van der Waals surface area (Å²) in [6.07, 6.45) is 0.120. The molecule has 0 fully saturated rings. The first kappa shape index (κ1) is 12.4. The molecule has 0 saturated carbocycles. The van der Waals surface area contributed by atoms with Gasteiger partial charge in [-0.15, -0.1) is 0 Å². The zero-order chi connectivity index (χ0) is 10.4. The Morgan fingerprint density at radius 3 is 2.15 bits per heavy atom. The van der Waals surface area contributed by atoms with Gasteiger partial charge in [0.05, 0.1) is 5.75 Å². The number of amides is 1. The van der Waals surface area contributed by atoms with Gasteiger partial charge >= 0.3 is 0 Å². The lowest BCUT2D eigenvalue weighted by atomic mass is 10.4. The summed E-state index contributed by atoms with van der Waals surface area (Å²) in [4.78, 5) is 10.7. The van der Waals surface area contributed by atoms with Crippen LogP contribution in [0.1, 0.15) is 13.3 Å². The van der Waals surface area contributed by atoms with Gasteiger partial charge in [-0.2, -0.15) is 0 Å². The quantitative estimate of drug-likeness (QED) is 0.477. The first-order chi connectivity index (χ1) is 5.97. The van der Waals surface area contributed by atoms with E-state index in [9.17, 15) is 21.6 Å². The maximum Gasteiger partial charge on any atom is 0.220 e. The topological polar surface area (TPSA) is 97.4 Å². The van der Waals surface area contributed by atoms with Gasteiger partial charge in [0.1, 0.15) is 16.1 Å². The average molecular weight is 229 g/mol. The van der Waals surface area contributed by atoms with Crippen LogP contribution in [0.4, 0.5) is 0 Å². The van der Waals surface area contributed by atoms with Crippen molar-refractivity contribution in [2.45, 2.75) is 18.7 Å². The summed E-state index contributed by atoms with van der Waals surface area (Å²) >= 11 is 0. The summed E-state index contributed by atoms with van der Waals surface area (Å²) in [5, 5.41) is 0.776. The zero-order valence-electron chi connectivity index (χ0n) is 6.93. The van der Waals surface area contributed by atoms with Crippen molar-refractivity contribution in [3.63, 3.8) is 0 Å². The normalized spacial score (nSPS) is 13.2. The van der Waals surface area contributed by atoms with Gasteiger partial charge in [0.15, 0.2) is 10.7 Å². The Morgan fingerprint density at radius 2 is 1.85 bits per heavy atom. The van der Waals surface area contributed by atoms with Crippen LogP contribution in [-0.4, -0.2) is 33.9 Å². The molecule has 0 aromatic rings. The fourth-order valence-corrected chi connectivity index (χ4v) is 2.15. The van der Waals surface area contributed by atoms with Crippen LogP contribution in [0.15, 0.2) is 0 Å². The summed E-state index contributed by atoms with van der Waals surface area (Å²) in [5.74, 6) is -1.05. The van der Waals surface area contributed by atoms with Crippen molar-refractivity contribution in [3.05, 3.63) is 0 Å². The van der Waals surface area contributed by atoms with E-state index in [2.05, 4.69) is 5.32 Å². The molecule has 1 N–H and O–H groups in total. The predicted molar refractivity (Wildman–Crippen MR) is 47.7 cm³/mol. The third-order valence-electron chi connectivity index (χ3n) is 1.23. The van der Waals surface area contributed by atoms with Crippen LogP contribution in [-0.2, 0) is 26.2 Å². The molecule has 0 aromatic carbocycles. The maximum absolute atomic E-state index is 10.7. The zero-order valence-corrected chi connectivity index (χ0v) is 8.72. The molecule has 1 amide bonds. The number of hydrogen-bond acceptors (Lipinski definition) is 5. The van der Waals surface area contributed by atoms with E-state index in [-0.39, 0.29) is 6.42 Å². The number of thiol groups is 2. The van der Waals surface area contributed by atoms with E-state index in [4.69, 9.17) is 0 Å². The lowest BCUT2D eigenvalue weighted by Crippen LogP contribution is -2.38. The van der Waals surface area contributed by atoms with E-state index < -0.39 is 38.4 Å². The highest BCUT2D eigenvalue weighted by molar-refractivity contribution is 7.77. The second-order valence-electron chi connectivity index (χ2n) is 2.24. The molecule has 0 aromatic heterocycles. The van der Waals surface area contributed by atoms with Crippen LogP contribution in [0.3, 0.4) is 0 Å². The Hall–Kier alpha value is -0.630. The smallest absolute Gasteiger partial charge is 0.220 e. The molecule has 0 saturated heterocycles. The number of hydrogen-bond donors (Lipinski definition) is 3. The molecule has 0 rings (SSSR count). The van der Waals surface area contributed by atoms with E-state index in [1.807, 2.05) is 0 Å². The molecule has 0 bridgehead atoms. The summed E-state index contributed by atoms with van der Waals surface area (Å²) < 4.78 is 41.3. The summed E-state index contributed by atoms with van der Waals surface area (Å²) in [5.41, 5.74) is 0. The van der Waals surface area contributed by atoms with Gasteiger partial charge in [0.2, 0.25) is 5.91 Å². The molecule has 78 valence electrons. The Morgan fingerprint density at radius 1 is 1.31 bits per heavy atom. The van der Waals surface area contributed by atoms with E-state index in [0.717, 1.165) is 0 Å². The standard InChI is InChI=1S/C5H11NO5S2/c1-2-4(7)6-5(13(10)11)3-12(8)9/h5,12-13H,2-3H2,1H3,(H,6,7). The van der Waals surface area contributed by atoms with Crippen molar-refractivity contribution in [3.8, 4) is 0 Å². The van der Waals surface area contributed by atoms with E-state index in [1.165, 1.54) is 0 Å². The van der Waals surface area contributed by atoms with Gasteiger partial charge in [-0.25, -0.2) is 16.8 Å². The minimum absolute atomic E-state index is 0.120. The van der Waals surface area contributed by atoms with Crippen molar-refractivity contribution in [2.75, 3.05) is 5.75 Å². The van der Waals surface area contributed by atoms with Crippen LogP contribution in [0.2, 0.25) is 0 Å². The molecule has 0 aliphatic carbocycles. The molecule has 0 spiro atoms.